The third-order valence-electron chi connectivity index (χ3n) is 1.51. The Morgan fingerprint density at radius 3 is 2.53 bits per heavy atom. The van der Waals surface area contributed by atoms with Gasteiger partial charge in [0.1, 0.15) is 0 Å². The van der Waals surface area contributed by atoms with Gasteiger partial charge in [-0.3, -0.25) is 9.79 Å². The van der Waals surface area contributed by atoms with Crippen LogP contribution in [0.3, 0.4) is 0 Å². The maximum atomic E-state index is 11.1. The highest BCUT2D eigenvalue weighted by Gasteiger charge is 2.00. The molecule has 0 saturated heterocycles. The minimum Gasteiger partial charge on any atom is -0.383 e. The Labute approximate surface area is 107 Å². The Morgan fingerprint density at radius 2 is 2.07 bits per heavy atom. The van der Waals surface area contributed by atoms with Crippen LogP contribution in [0, 0.1) is 0 Å². The molecular formula is C8H19IN4O2. The van der Waals surface area contributed by atoms with Gasteiger partial charge in [0.25, 0.3) is 0 Å². The Balaban J connectivity index is 0. The highest BCUT2D eigenvalue weighted by atomic mass is 127. The van der Waals surface area contributed by atoms with Gasteiger partial charge in [-0.2, -0.15) is 0 Å². The number of methoxy groups -OCH3 is 1. The number of halogens is 1. The van der Waals surface area contributed by atoms with Crippen LogP contribution in [-0.2, 0) is 9.53 Å². The van der Waals surface area contributed by atoms with E-state index >= 15 is 0 Å². The number of amides is 1. The van der Waals surface area contributed by atoms with Crippen LogP contribution in [0.15, 0.2) is 4.99 Å². The molecule has 0 atom stereocenters. The number of aliphatic imine (C=N–C) groups is 1. The summed E-state index contributed by atoms with van der Waals surface area (Å²) in [4.78, 5) is 15.0. The molecule has 0 spiro atoms. The van der Waals surface area contributed by atoms with Crippen molar-refractivity contribution < 1.29 is 9.53 Å². The van der Waals surface area contributed by atoms with Crippen molar-refractivity contribution in [3.8, 4) is 0 Å². The Bertz CT molecular complexity index is 199. The van der Waals surface area contributed by atoms with E-state index in [4.69, 9.17) is 4.74 Å². The lowest BCUT2D eigenvalue weighted by Crippen LogP contribution is -2.42. The van der Waals surface area contributed by atoms with Crippen molar-refractivity contribution in [1.29, 1.82) is 0 Å². The first-order valence-electron chi connectivity index (χ1n) is 4.38. The average molecular weight is 330 g/mol. The molecule has 0 rings (SSSR count). The van der Waals surface area contributed by atoms with E-state index in [0.717, 1.165) is 0 Å². The Kier molecular flexibility index (Phi) is 12.9. The summed E-state index contributed by atoms with van der Waals surface area (Å²) in [6, 6.07) is 0. The van der Waals surface area contributed by atoms with E-state index < -0.39 is 0 Å². The maximum absolute atomic E-state index is 11.1. The molecule has 90 valence electrons. The molecule has 3 N–H and O–H groups in total. The number of nitrogens with one attached hydrogen (secondary N) is 3. The van der Waals surface area contributed by atoms with Gasteiger partial charge in [-0.05, 0) is 0 Å². The van der Waals surface area contributed by atoms with E-state index in [0.29, 0.717) is 19.1 Å². The lowest BCUT2D eigenvalue weighted by molar-refractivity contribution is -0.120. The van der Waals surface area contributed by atoms with Crippen molar-refractivity contribution in [3.05, 3.63) is 0 Å². The quantitative estimate of drug-likeness (QED) is 0.266. The molecule has 15 heavy (non-hydrogen) atoms. The van der Waals surface area contributed by atoms with E-state index in [1.165, 1.54) is 0 Å². The largest absolute Gasteiger partial charge is 0.383 e. The standard InChI is InChI=1S/C8H18N4O2.HI/c1-9-8(10-2)12-6-7(13)11-4-5-14-3;/h4-6H2,1-3H3,(H,11,13)(H2,9,10,12);1H. The first-order chi connectivity index (χ1) is 6.74. The molecule has 0 unspecified atom stereocenters. The third-order valence-corrected chi connectivity index (χ3v) is 1.51. The van der Waals surface area contributed by atoms with Crippen molar-refractivity contribution in [2.45, 2.75) is 0 Å². The number of carbonyl (C=O) groups is 1. The molecule has 0 bridgehead atoms. The van der Waals surface area contributed by atoms with Crippen molar-refractivity contribution in [1.82, 2.24) is 16.0 Å². The molecule has 0 aromatic heterocycles. The van der Waals surface area contributed by atoms with Crippen LogP contribution in [-0.4, -0.2) is 52.8 Å². The topological polar surface area (TPSA) is 74.8 Å². The molecule has 7 heteroatoms. The fraction of sp³-hybridized carbons (Fsp3) is 0.750. The van der Waals surface area contributed by atoms with Gasteiger partial charge in [0.05, 0.1) is 13.2 Å². The van der Waals surface area contributed by atoms with E-state index in [1.54, 1.807) is 21.2 Å². The summed E-state index contributed by atoms with van der Waals surface area (Å²) in [5, 5.41) is 8.32. The predicted molar refractivity (Wildman–Crippen MR) is 70.7 cm³/mol. The highest BCUT2D eigenvalue weighted by Crippen LogP contribution is 1.69. The molecule has 0 aliphatic heterocycles. The van der Waals surface area contributed by atoms with E-state index in [9.17, 15) is 4.79 Å². The molecular weight excluding hydrogens is 311 g/mol. The number of rotatable bonds is 5. The second-order valence-electron chi connectivity index (χ2n) is 2.52. The van der Waals surface area contributed by atoms with Crippen molar-refractivity contribution in [3.63, 3.8) is 0 Å². The van der Waals surface area contributed by atoms with Crippen LogP contribution in [0.5, 0.6) is 0 Å². The summed E-state index contributed by atoms with van der Waals surface area (Å²) in [5.41, 5.74) is 0. The molecule has 0 aliphatic rings. The molecule has 0 radical (unpaired) electrons. The van der Waals surface area contributed by atoms with Crippen LogP contribution in [0.2, 0.25) is 0 Å². The second-order valence-corrected chi connectivity index (χ2v) is 2.52. The van der Waals surface area contributed by atoms with Gasteiger partial charge in [-0.1, -0.05) is 0 Å². The summed E-state index contributed by atoms with van der Waals surface area (Å²) in [6.45, 7) is 1.25. The zero-order valence-electron chi connectivity index (χ0n) is 9.29. The summed E-state index contributed by atoms with van der Waals surface area (Å²) in [5.74, 6) is 0.505. The zero-order valence-corrected chi connectivity index (χ0v) is 11.6. The number of nitrogens with zero attached hydrogens (tertiary/aromatic N) is 1. The normalized spacial score (nSPS) is 10.2. The van der Waals surface area contributed by atoms with Gasteiger partial charge in [-0.15, -0.1) is 24.0 Å². The third kappa shape index (κ3) is 9.73. The number of ether oxygens (including phenoxy) is 1. The Hall–Kier alpha value is -0.570. The van der Waals surface area contributed by atoms with Gasteiger partial charge in [-0.25, -0.2) is 0 Å². The van der Waals surface area contributed by atoms with E-state index in [-0.39, 0.29) is 36.4 Å². The van der Waals surface area contributed by atoms with Crippen LogP contribution < -0.4 is 16.0 Å². The Morgan fingerprint density at radius 1 is 1.40 bits per heavy atom. The molecule has 0 aliphatic carbocycles. The average Bonchev–Trinajstić information content (AvgIpc) is 2.20. The minimum absolute atomic E-state index is 0. The van der Waals surface area contributed by atoms with Crippen LogP contribution in [0.25, 0.3) is 0 Å². The molecule has 0 aromatic rings. The van der Waals surface area contributed by atoms with Crippen molar-refractivity contribution in [2.75, 3.05) is 40.9 Å². The van der Waals surface area contributed by atoms with Gasteiger partial charge < -0.3 is 20.7 Å². The van der Waals surface area contributed by atoms with E-state index in [1.807, 2.05) is 0 Å². The molecule has 0 aromatic carbocycles. The first kappa shape index (κ1) is 16.8. The lowest BCUT2D eigenvalue weighted by atomic mass is 10.5. The summed E-state index contributed by atoms with van der Waals surface area (Å²) in [7, 11) is 4.97. The number of carbonyl (C=O) groups excluding carboxylic acids is 1. The smallest absolute Gasteiger partial charge is 0.239 e. The zero-order chi connectivity index (χ0) is 10.8. The highest BCUT2D eigenvalue weighted by molar-refractivity contribution is 14.0. The lowest BCUT2D eigenvalue weighted by Gasteiger charge is -2.08. The number of hydrogen-bond acceptors (Lipinski definition) is 3. The molecule has 1 amide bonds. The van der Waals surface area contributed by atoms with Crippen molar-refractivity contribution in [2.24, 2.45) is 4.99 Å². The summed E-state index contributed by atoms with van der Waals surface area (Å²) < 4.78 is 4.79. The predicted octanol–water partition coefficient (Wildman–Crippen LogP) is -0.838. The van der Waals surface area contributed by atoms with Gasteiger partial charge in [0, 0.05) is 27.7 Å². The summed E-state index contributed by atoms with van der Waals surface area (Å²) in [6.07, 6.45) is 0. The van der Waals surface area contributed by atoms with Crippen LogP contribution >= 0.6 is 24.0 Å². The maximum Gasteiger partial charge on any atom is 0.239 e. The molecule has 0 fully saturated rings. The number of guanidine groups is 1. The van der Waals surface area contributed by atoms with Gasteiger partial charge in [0.2, 0.25) is 5.91 Å². The molecule has 0 saturated carbocycles. The van der Waals surface area contributed by atoms with E-state index in [2.05, 4.69) is 20.9 Å². The first-order valence-corrected chi connectivity index (χ1v) is 4.38. The minimum atomic E-state index is -0.0848. The monoisotopic (exact) mass is 330 g/mol. The van der Waals surface area contributed by atoms with Crippen molar-refractivity contribution >= 4 is 35.8 Å². The fourth-order valence-corrected chi connectivity index (χ4v) is 0.798. The number of hydrogen-bond donors (Lipinski definition) is 3. The molecule has 6 nitrogen and oxygen atoms in total. The molecule has 0 heterocycles. The van der Waals surface area contributed by atoms with Gasteiger partial charge >= 0.3 is 0 Å². The second kappa shape index (κ2) is 11.5. The fourth-order valence-electron chi connectivity index (χ4n) is 0.798. The van der Waals surface area contributed by atoms with Crippen LogP contribution in [0.4, 0.5) is 0 Å². The van der Waals surface area contributed by atoms with Crippen LogP contribution in [0.1, 0.15) is 0 Å². The summed E-state index contributed by atoms with van der Waals surface area (Å²) >= 11 is 0. The van der Waals surface area contributed by atoms with Gasteiger partial charge in [0.15, 0.2) is 5.96 Å². The SMILES string of the molecule is CN=C(NC)NCC(=O)NCCOC.I.